The Balaban J connectivity index is 1.74. The molecule has 1 aromatic carbocycles. The second-order valence-electron chi connectivity index (χ2n) is 6.42. The van der Waals surface area contributed by atoms with E-state index < -0.39 is 10.0 Å². The summed E-state index contributed by atoms with van der Waals surface area (Å²) in [6, 6.07) is 9.81. The zero-order valence-corrected chi connectivity index (χ0v) is 15.4. The Morgan fingerprint density at radius 2 is 1.85 bits per heavy atom. The number of hydrogen-bond acceptors (Lipinski definition) is 4. The molecule has 138 valence electrons. The summed E-state index contributed by atoms with van der Waals surface area (Å²) in [5, 5.41) is 0. The van der Waals surface area contributed by atoms with E-state index in [1.807, 2.05) is 4.90 Å². The number of nitrogens with one attached hydrogen (secondary N) is 1. The van der Waals surface area contributed by atoms with Crippen LogP contribution < -0.4 is 4.72 Å². The van der Waals surface area contributed by atoms with E-state index in [0.29, 0.717) is 5.56 Å². The Labute approximate surface area is 154 Å². The molecule has 0 saturated carbocycles. The lowest BCUT2D eigenvalue weighted by molar-refractivity contribution is 0.0761. The van der Waals surface area contributed by atoms with Gasteiger partial charge >= 0.3 is 0 Å². The summed E-state index contributed by atoms with van der Waals surface area (Å²) in [7, 11) is -3.70. The van der Waals surface area contributed by atoms with Crippen molar-refractivity contribution in [2.45, 2.75) is 37.1 Å². The van der Waals surface area contributed by atoms with E-state index in [-0.39, 0.29) is 17.3 Å². The summed E-state index contributed by atoms with van der Waals surface area (Å²) in [4.78, 5) is 18.6. The fourth-order valence-electron chi connectivity index (χ4n) is 3.02. The molecule has 1 aliphatic rings. The minimum Gasteiger partial charge on any atom is -0.339 e. The van der Waals surface area contributed by atoms with Gasteiger partial charge in [-0.05, 0) is 42.7 Å². The molecule has 0 atom stereocenters. The van der Waals surface area contributed by atoms with Crippen LogP contribution in [0, 0.1) is 0 Å². The molecule has 0 aliphatic carbocycles. The first kappa shape index (κ1) is 18.5. The molecule has 0 radical (unpaired) electrons. The fraction of sp³-hybridized carbons (Fsp3) is 0.368. The van der Waals surface area contributed by atoms with Crippen LogP contribution in [-0.4, -0.2) is 37.3 Å². The van der Waals surface area contributed by atoms with Crippen LogP contribution >= 0.6 is 0 Å². The van der Waals surface area contributed by atoms with Gasteiger partial charge in [0.2, 0.25) is 10.0 Å². The van der Waals surface area contributed by atoms with Crippen molar-refractivity contribution in [3.05, 3.63) is 59.9 Å². The van der Waals surface area contributed by atoms with E-state index in [4.69, 9.17) is 0 Å². The van der Waals surface area contributed by atoms with Gasteiger partial charge in [0.05, 0.1) is 4.90 Å². The second kappa shape index (κ2) is 8.42. The Hall–Kier alpha value is -2.25. The first-order valence-corrected chi connectivity index (χ1v) is 10.3. The van der Waals surface area contributed by atoms with Crippen molar-refractivity contribution in [1.29, 1.82) is 0 Å². The lowest BCUT2D eigenvalue weighted by Crippen LogP contribution is -2.32. The van der Waals surface area contributed by atoms with E-state index in [1.165, 1.54) is 12.1 Å². The van der Waals surface area contributed by atoms with Gasteiger partial charge in [0.25, 0.3) is 5.91 Å². The number of carbonyl (C=O) groups is 1. The molecule has 0 unspecified atom stereocenters. The summed E-state index contributed by atoms with van der Waals surface area (Å²) in [6.07, 6.45) is 7.51. The third-order valence-electron chi connectivity index (χ3n) is 4.47. The van der Waals surface area contributed by atoms with Gasteiger partial charge in [0.1, 0.15) is 0 Å². The topological polar surface area (TPSA) is 79.4 Å². The van der Waals surface area contributed by atoms with Crippen LogP contribution in [0.5, 0.6) is 0 Å². The number of sulfonamides is 1. The molecule has 7 heteroatoms. The van der Waals surface area contributed by atoms with Crippen LogP contribution in [0.1, 0.15) is 41.6 Å². The maximum Gasteiger partial charge on any atom is 0.253 e. The van der Waals surface area contributed by atoms with Gasteiger partial charge < -0.3 is 4.90 Å². The number of carbonyl (C=O) groups excluding carboxylic acids is 1. The normalized spacial score (nSPS) is 15.5. The molecule has 1 saturated heterocycles. The summed E-state index contributed by atoms with van der Waals surface area (Å²) in [6.45, 7) is 1.62. The van der Waals surface area contributed by atoms with Crippen LogP contribution in [0.3, 0.4) is 0 Å². The molecular weight excluding hydrogens is 350 g/mol. The summed E-state index contributed by atoms with van der Waals surface area (Å²) < 4.78 is 27.7. The van der Waals surface area contributed by atoms with Crippen LogP contribution in [0.25, 0.3) is 0 Å². The van der Waals surface area contributed by atoms with Gasteiger partial charge in [-0.2, -0.15) is 0 Å². The van der Waals surface area contributed by atoms with E-state index in [9.17, 15) is 13.2 Å². The number of nitrogens with zero attached hydrogens (tertiary/aromatic N) is 2. The summed E-state index contributed by atoms with van der Waals surface area (Å²) in [5.74, 6) is -0.101. The second-order valence-corrected chi connectivity index (χ2v) is 8.19. The lowest BCUT2D eigenvalue weighted by Gasteiger charge is -2.20. The zero-order valence-electron chi connectivity index (χ0n) is 14.6. The van der Waals surface area contributed by atoms with Crippen molar-refractivity contribution in [3.8, 4) is 0 Å². The van der Waals surface area contributed by atoms with Crippen molar-refractivity contribution < 1.29 is 13.2 Å². The molecule has 3 rings (SSSR count). The molecule has 26 heavy (non-hydrogen) atoms. The van der Waals surface area contributed by atoms with Gasteiger partial charge in [0, 0.05) is 37.6 Å². The first-order chi connectivity index (χ1) is 12.6. The highest BCUT2D eigenvalue weighted by atomic mass is 32.2. The highest BCUT2D eigenvalue weighted by Gasteiger charge is 2.20. The van der Waals surface area contributed by atoms with Gasteiger partial charge in [-0.1, -0.05) is 25.0 Å². The average Bonchev–Trinajstić information content (AvgIpc) is 2.96. The molecule has 1 N–H and O–H groups in total. The smallest absolute Gasteiger partial charge is 0.253 e. The molecule has 1 amide bonds. The van der Waals surface area contributed by atoms with Gasteiger partial charge in [-0.3, -0.25) is 9.78 Å². The van der Waals surface area contributed by atoms with E-state index in [0.717, 1.165) is 44.3 Å². The molecule has 0 bridgehead atoms. The van der Waals surface area contributed by atoms with Crippen LogP contribution in [0.2, 0.25) is 0 Å². The molecule has 2 aromatic rings. The van der Waals surface area contributed by atoms with Crippen molar-refractivity contribution in [3.63, 3.8) is 0 Å². The number of hydrogen-bond donors (Lipinski definition) is 1. The summed E-state index contributed by atoms with van der Waals surface area (Å²) >= 11 is 0. The minimum atomic E-state index is -3.70. The maximum absolute atomic E-state index is 12.7. The van der Waals surface area contributed by atoms with Crippen molar-refractivity contribution in [2.75, 3.05) is 13.1 Å². The SMILES string of the molecule is O=C(c1cccc(S(=O)(=O)NCc2cccnc2)c1)N1CCCCCC1. The van der Waals surface area contributed by atoms with Crippen molar-refractivity contribution in [2.24, 2.45) is 0 Å². The molecule has 2 heterocycles. The standard InChI is InChI=1S/C19H23N3O3S/c23-19(22-11-3-1-2-4-12-22)17-8-5-9-18(13-17)26(24,25)21-15-16-7-6-10-20-14-16/h5-10,13-14,21H,1-4,11-12,15H2. The van der Waals surface area contributed by atoms with E-state index in [2.05, 4.69) is 9.71 Å². The number of likely N-dealkylation sites (tertiary alicyclic amines) is 1. The molecule has 1 aromatic heterocycles. The fourth-order valence-corrected chi connectivity index (χ4v) is 4.08. The average molecular weight is 373 g/mol. The lowest BCUT2D eigenvalue weighted by atomic mass is 10.2. The third-order valence-corrected chi connectivity index (χ3v) is 5.87. The number of benzene rings is 1. The maximum atomic E-state index is 12.7. The van der Waals surface area contributed by atoms with Gasteiger partial charge in [0.15, 0.2) is 0 Å². The molecule has 1 aliphatic heterocycles. The van der Waals surface area contributed by atoms with E-state index in [1.54, 1.807) is 36.7 Å². The van der Waals surface area contributed by atoms with Crippen LogP contribution in [0.4, 0.5) is 0 Å². The predicted molar refractivity (Wildman–Crippen MR) is 99.1 cm³/mol. The third kappa shape index (κ3) is 4.68. The molecule has 1 fully saturated rings. The highest BCUT2D eigenvalue weighted by molar-refractivity contribution is 7.89. The van der Waals surface area contributed by atoms with Gasteiger partial charge in [-0.25, -0.2) is 13.1 Å². The Morgan fingerprint density at radius 1 is 1.08 bits per heavy atom. The molecule has 0 spiro atoms. The highest BCUT2D eigenvalue weighted by Crippen LogP contribution is 2.17. The quantitative estimate of drug-likeness (QED) is 0.874. The number of pyridine rings is 1. The van der Waals surface area contributed by atoms with Crippen LogP contribution in [0.15, 0.2) is 53.7 Å². The first-order valence-electron chi connectivity index (χ1n) is 8.84. The molecular formula is C19H23N3O3S. The van der Waals surface area contributed by atoms with Crippen molar-refractivity contribution >= 4 is 15.9 Å². The Bertz CT molecular complexity index is 845. The Morgan fingerprint density at radius 3 is 2.54 bits per heavy atom. The monoisotopic (exact) mass is 373 g/mol. The van der Waals surface area contributed by atoms with Crippen molar-refractivity contribution in [1.82, 2.24) is 14.6 Å². The Kier molecular flexibility index (Phi) is 6.00. The van der Waals surface area contributed by atoms with Crippen LogP contribution in [-0.2, 0) is 16.6 Å². The number of rotatable bonds is 5. The zero-order chi connectivity index (χ0) is 18.4. The molecule has 6 nitrogen and oxygen atoms in total. The number of aromatic nitrogens is 1. The van der Waals surface area contributed by atoms with E-state index >= 15 is 0 Å². The number of amides is 1. The predicted octanol–water partition coefficient (Wildman–Crippen LogP) is 2.58. The minimum absolute atomic E-state index is 0.0991. The van der Waals surface area contributed by atoms with Gasteiger partial charge in [-0.15, -0.1) is 0 Å². The summed E-state index contributed by atoms with van der Waals surface area (Å²) in [5.41, 5.74) is 1.18. The largest absolute Gasteiger partial charge is 0.339 e.